The van der Waals surface area contributed by atoms with E-state index in [-0.39, 0.29) is 0 Å². The average molecular weight is 565 g/mol. The molecule has 0 atom stereocenters. The van der Waals surface area contributed by atoms with Crippen LogP contribution in [0.5, 0.6) is 0 Å². The highest BCUT2D eigenvalue weighted by atomic mass is 35.5. The number of allylic oxidation sites excluding steroid dienone is 5. The molecular weight excluding hydrogens is 528 g/mol. The van der Waals surface area contributed by atoms with Crippen LogP contribution in [0.2, 0.25) is 5.02 Å². The molecule has 0 heterocycles. The quantitative estimate of drug-likeness (QED) is 0.147. The van der Waals surface area contributed by atoms with Crippen LogP contribution in [-0.2, 0) is 0 Å². The molecule has 0 aromatic heterocycles. The van der Waals surface area contributed by atoms with Gasteiger partial charge in [0.2, 0.25) is 0 Å². The van der Waals surface area contributed by atoms with Crippen molar-refractivity contribution >= 4 is 33.1 Å². The molecule has 0 aliphatic carbocycles. The third-order valence-electron chi connectivity index (χ3n) is 6.88. The fraction of sp³-hybridized carbons (Fsp3) is 0.0732. The predicted octanol–water partition coefficient (Wildman–Crippen LogP) is 12.7. The van der Waals surface area contributed by atoms with Crippen molar-refractivity contribution in [3.63, 3.8) is 0 Å². The van der Waals surface area contributed by atoms with Gasteiger partial charge in [-0.15, -0.1) is 0 Å². The molecule has 6 aromatic carbocycles. The predicted molar refractivity (Wildman–Crippen MR) is 187 cm³/mol. The molecule has 0 saturated carbocycles. The zero-order valence-corrected chi connectivity index (χ0v) is 25.4. The van der Waals surface area contributed by atoms with Gasteiger partial charge in [-0.25, -0.2) is 0 Å². The highest BCUT2D eigenvalue weighted by Crippen LogP contribution is 2.43. The molecule has 0 amide bonds. The van der Waals surface area contributed by atoms with Crippen LogP contribution in [0.15, 0.2) is 170 Å². The van der Waals surface area contributed by atoms with E-state index >= 15 is 0 Å². The van der Waals surface area contributed by atoms with Crippen molar-refractivity contribution < 1.29 is 0 Å². The molecule has 0 bridgehead atoms. The van der Waals surface area contributed by atoms with Crippen LogP contribution < -0.4 is 0 Å². The fourth-order valence-electron chi connectivity index (χ4n) is 5.01. The normalized spacial score (nSPS) is 11.0. The number of aryl methyl sites for hydroxylation is 1. The summed E-state index contributed by atoms with van der Waals surface area (Å²) in [5.74, 6) is 0. The van der Waals surface area contributed by atoms with E-state index in [9.17, 15) is 0 Å². The van der Waals surface area contributed by atoms with Crippen molar-refractivity contribution in [2.75, 3.05) is 0 Å². The van der Waals surface area contributed by atoms with E-state index in [1.54, 1.807) is 6.08 Å². The van der Waals surface area contributed by atoms with Gasteiger partial charge < -0.3 is 0 Å². The van der Waals surface area contributed by atoms with Gasteiger partial charge in [0.25, 0.3) is 0 Å². The lowest BCUT2D eigenvalue weighted by atomic mass is 9.86. The first-order chi connectivity index (χ1) is 20.5. The van der Waals surface area contributed by atoms with Gasteiger partial charge >= 0.3 is 0 Å². The Labute approximate surface area is 255 Å². The molecule has 1 heteroatoms. The Morgan fingerprint density at radius 1 is 0.571 bits per heavy atom. The molecule has 0 aliphatic heterocycles. The summed E-state index contributed by atoms with van der Waals surface area (Å²) in [7, 11) is 0. The molecule has 0 spiro atoms. The van der Waals surface area contributed by atoms with Gasteiger partial charge in [0.15, 0.2) is 0 Å². The minimum atomic E-state index is 0.758. The molecule has 208 valence electrons. The zero-order chi connectivity index (χ0) is 29.7. The second kappa shape index (κ2) is 15.4. The summed E-state index contributed by atoms with van der Waals surface area (Å²) in [5.41, 5.74) is 7.54. The lowest BCUT2D eigenvalue weighted by molar-refractivity contribution is 1.48. The van der Waals surface area contributed by atoms with Gasteiger partial charge in [-0.3, -0.25) is 0 Å². The van der Waals surface area contributed by atoms with E-state index in [0.29, 0.717) is 0 Å². The summed E-state index contributed by atoms with van der Waals surface area (Å²) in [4.78, 5) is 0. The summed E-state index contributed by atoms with van der Waals surface area (Å²) in [5, 5.41) is 5.82. The topological polar surface area (TPSA) is 0 Å². The first-order valence-electron chi connectivity index (χ1n) is 14.2. The molecule has 0 fully saturated rings. The van der Waals surface area contributed by atoms with E-state index in [2.05, 4.69) is 117 Å². The van der Waals surface area contributed by atoms with Gasteiger partial charge in [0.1, 0.15) is 0 Å². The van der Waals surface area contributed by atoms with Crippen LogP contribution in [0.3, 0.4) is 0 Å². The standard InChI is InChI=1S/C26H17Cl.C8H12.C7H8/c27-20-16-14-19(15-17-20)26-23-12-6-4-10-21(23)25(18-8-2-1-3-9-18)22-11-5-7-13-24(22)26;1-4-6-8(3)7-5-2;1-7-5-3-2-4-6-7/h1-17H;4-7H,1H2,2-3H3;2-6H,1H3/b;7-5-,8-6-;. The van der Waals surface area contributed by atoms with Crippen molar-refractivity contribution in [1.29, 1.82) is 0 Å². The molecule has 6 aromatic rings. The number of benzene rings is 6. The lowest BCUT2D eigenvalue weighted by Gasteiger charge is -2.17. The Balaban J connectivity index is 0.000000223. The molecule has 0 saturated heterocycles. The minimum absolute atomic E-state index is 0.758. The summed E-state index contributed by atoms with van der Waals surface area (Å²) in [6.45, 7) is 9.70. The Hall–Kier alpha value is -4.65. The Morgan fingerprint density at radius 3 is 1.36 bits per heavy atom. The van der Waals surface area contributed by atoms with Crippen LogP contribution >= 0.6 is 11.6 Å². The van der Waals surface area contributed by atoms with Crippen LogP contribution in [0.4, 0.5) is 0 Å². The Morgan fingerprint density at radius 2 is 0.976 bits per heavy atom. The Kier molecular flexibility index (Phi) is 11.1. The lowest BCUT2D eigenvalue weighted by Crippen LogP contribution is -1.90. The number of hydrogen-bond donors (Lipinski definition) is 0. The van der Waals surface area contributed by atoms with Gasteiger partial charge in [0, 0.05) is 5.02 Å². The van der Waals surface area contributed by atoms with E-state index in [4.69, 9.17) is 11.6 Å². The maximum Gasteiger partial charge on any atom is 0.0406 e. The summed E-state index contributed by atoms with van der Waals surface area (Å²) < 4.78 is 0. The molecule has 0 unspecified atom stereocenters. The smallest absolute Gasteiger partial charge is 0.0406 e. The number of fused-ring (bicyclic) bond motifs is 2. The average Bonchev–Trinajstić information content (AvgIpc) is 3.02. The third-order valence-corrected chi connectivity index (χ3v) is 7.13. The molecule has 0 N–H and O–H groups in total. The number of halogens is 1. The van der Waals surface area contributed by atoms with E-state index in [1.165, 1.54) is 54.9 Å². The van der Waals surface area contributed by atoms with Crippen molar-refractivity contribution in [1.82, 2.24) is 0 Å². The number of hydrogen-bond acceptors (Lipinski definition) is 0. The Bertz CT molecular complexity index is 1730. The van der Waals surface area contributed by atoms with E-state index in [0.717, 1.165) is 5.02 Å². The highest BCUT2D eigenvalue weighted by Gasteiger charge is 2.15. The minimum Gasteiger partial charge on any atom is -0.0991 e. The monoisotopic (exact) mass is 564 g/mol. The van der Waals surface area contributed by atoms with Crippen molar-refractivity contribution in [2.24, 2.45) is 0 Å². The van der Waals surface area contributed by atoms with Crippen LogP contribution in [-0.4, -0.2) is 0 Å². The van der Waals surface area contributed by atoms with Gasteiger partial charge in [-0.2, -0.15) is 0 Å². The summed E-state index contributed by atoms with van der Waals surface area (Å²) in [6.07, 6.45) is 7.81. The molecule has 0 aliphatic rings. The maximum atomic E-state index is 6.14. The van der Waals surface area contributed by atoms with Gasteiger partial charge in [0.05, 0.1) is 0 Å². The van der Waals surface area contributed by atoms with Crippen molar-refractivity contribution in [3.05, 3.63) is 181 Å². The van der Waals surface area contributed by atoms with E-state index < -0.39 is 0 Å². The number of rotatable bonds is 4. The molecule has 0 nitrogen and oxygen atoms in total. The fourth-order valence-corrected chi connectivity index (χ4v) is 5.14. The first-order valence-corrected chi connectivity index (χ1v) is 14.6. The van der Waals surface area contributed by atoms with Crippen molar-refractivity contribution in [2.45, 2.75) is 20.8 Å². The van der Waals surface area contributed by atoms with Crippen LogP contribution in [0, 0.1) is 6.92 Å². The van der Waals surface area contributed by atoms with Crippen LogP contribution in [0.1, 0.15) is 19.4 Å². The maximum absolute atomic E-state index is 6.14. The molecular formula is C41H37Cl. The van der Waals surface area contributed by atoms with Crippen molar-refractivity contribution in [3.8, 4) is 22.3 Å². The second-order valence-corrected chi connectivity index (χ2v) is 10.5. The molecule has 42 heavy (non-hydrogen) atoms. The highest BCUT2D eigenvalue weighted by molar-refractivity contribution is 6.30. The third kappa shape index (κ3) is 7.75. The first kappa shape index (κ1) is 30.3. The van der Waals surface area contributed by atoms with Gasteiger partial charge in [-0.1, -0.05) is 175 Å². The SMILES string of the molecule is C=C/C=C(C)\C=C/C.Cc1ccccc1.Clc1ccc(-c2c3ccccc3c(-c3ccccc3)c3ccccc23)cc1. The largest absolute Gasteiger partial charge is 0.0991 e. The summed E-state index contributed by atoms with van der Waals surface area (Å²) >= 11 is 6.14. The van der Waals surface area contributed by atoms with E-state index in [1.807, 2.05) is 62.4 Å². The zero-order valence-electron chi connectivity index (χ0n) is 24.6. The molecule has 6 rings (SSSR count). The van der Waals surface area contributed by atoms with Crippen LogP contribution in [0.25, 0.3) is 43.8 Å². The second-order valence-electron chi connectivity index (χ2n) is 10.0. The van der Waals surface area contributed by atoms with Gasteiger partial charge in [-0.05, 0) is 76.7 Å². The molecule has 0 radical (unpaired) electrons. The summed E-state index contributed by atoms with van der Waals surface area (Å²) in [6, 6.07) is 46.4.